The minimum absolute atomic E-state index is 0.195. The minimum atomic E-state index is -0.568. The van der Waals surface area contributed by atoms with Crippen molar-refractivity contribution in [2.24, 2.45) is 0 Å². The second-order valence-electron chi connectivity index (χ2n) is 6.33. The van der Waals surface area contributed by atoms with Crippen molar-refractivity contribution in [3.8, 4) is 5.75 Å². The van der Waals surface area contributed by atoms with Crippen molar-refractivity contribution in [3.05, 3.63) is 59.4 Å². The molecule has 5 nitrogen and oxygen atoms in total. The number of halogens is 2. The van der Waals surface area contributed by atoms with Crippen LogP contribution >= 0.6 is 11.6 Å². The van der Waals surface area contributed by atoms with Gasteiger partial charge in [-0.15, -0.1) is 0 Å². The molecular weight excluding hydrogens is 359 g/mol. The van der Waals surface area contributed by atoms with E-state index in [4.69, 9.17) is 16.3 Å². The molecule has 26 heavy (non-hydrogen) atoms. The molecule has 2 saturated heterocycles. The highest BCUT2D eigenvalue weighted by Gasteiger charge is 2.52. The number of ether oxygens (including phenoxy) is 1. The predicted molar refractivity (Wildman–Crippen MR) is 94.7 cm³/mol. The molecule has 2 aromatic rings. The number of likely N-dealkylation sites (tertiary alicyclic amines) is 1. The van der Waals surface area contributed by atoms with E-state index in [9.17, 15) is 14.0 Å². The lowest BCUT2D eigenvalue weighted by Crippen LogP contribution is -2.53. The van der Waals surface area contributed by atoms with Crippen molar-refractivity contribution in [1.29, 1.82) is 0 Å². The van der Waals surface area contributed by atoms with E-state index in [-0.39, 0.29) is 30.2 Å². The van der Waals surface area contributed by atoms with Crippen LogP contribution in [0.2, 0.25) is 5.02 Å². The van der Waals surface area contributed by atoms with Crippen LogP contribution in [0.1, 0.15) is 6.42 Å². The van der Waals surface area contributed by atoms with E-state index in [0.717, 1.165) is 0 Å². The number of hydrogen-bond donors (Lipinski definition) is 0. The molecule has 0 spiro atoms. The normalized spacial score (nSPS) is 21.4. The third-order valence-electron chi connectivity index (χ3n) is 4.79. The highest BCUT2D eigenvalue weighted by atomic mass is 35.5. The molecular formula is C19H16ClFN2O3. The van der Waals surface area contributed by atoms with Crippen molar-refractivity contribution < 1.29 is 18.7 Å². The maximum atomic E-state index is 14.0. The van der Waals surface area contributed by atoms with Crippen molar-refractivity contribution in [1.82, 2.24) is 4.90 Å². The highest BCUT2D eigenvalue weighted by molar-refractivity contribution is 6.32. The summed E-state index contributed by atoms with van der Waals surface area (Å²) >= 11 is 6.01. The molecule has 2 aliphatic rings. The summed E-state index contributed by atoms with van der Waals surface area (Å²) in [5, 5.41) is 0.421. The number of amides is 2. The zero-order chi connectivity index (χ0) is 18.3. The molecule has 0 N–H and O–H groups in total. The second kappa shape index (κ2) is 6.61. The molecule has 0 saturated carbocycles. The molecule has 7 heteroatoms. The first kappa shape index (κ1) is 16.8. The summed E-state index contributed by atoms with van der Waals surface area (Å²) in [6.45, 7) is 0.176. The van der Waals surface area contributed by atoms with Crippen LogP contribution in [-0.4, -0.2) is 41.9 Å². The average Bonchev–Trinajstić information content (AvgIpc) is 3.20. The fraction of sp³-hybridized carbons (Fsp3) is 0.263. The summed E-state index contributed by atoms with van der Waals surface area (Å²) in [6.07, 6.45) is 0.505. The Bertz CT molecular complexity index is 875. The van der Waals surface area contributed by atoms with Gasteiger partial charge in [0.2, 0.25) is 5.91 Å². The van der Waals surface area contributed by atoms with E-state index < -0.39 is 11.9 Å². The number of anilines is 1. The summed E-state index contributed by atoms with van der Waals surface area (Å²) in [4.78, 5) is 28.1. The lowest BCUT2D eigenvalue weighted by atomic mass is 10.2. The minimum Gasteiger partial charge on any atom is -0.482 e. The first-order chi connectivity index (χ1) is 12.6. The number of nitrogens with zero attached hydrogens (tertiary/aromatic N) is 2. The molecule has 2 aromatic carbocycles. The fourth-order valence-corrected chi connectivity index (χ4v) is 3.79. The number of hydrogen-bond acceptors (Lipinski definition) is 3. The monoisotopic (exact) mass is 374 g/mol. The number of benzene rings is 2. The first-order valence-corrected chi connectivity index (χ1v) is 8.68. The maximum absolute atomic E-state index is 14.0. The summed E-state index contributed by atoms with van der Waals surface area (Å²) in [5.74, 6) is -0.545. The molecule has 0 aromatic heterocycles. The van der Waals surface area contributed by atoms with Gasteiger partial charge in [0.15, 0.2) is 6.61 Å². The van der Waals surface area contributed by atoms with E-state index in [1.165, 1.54) is 15.9 Å². The number of carbonyl (C=O) groups is 2. The molecule has 0 unspecified atom stereocenters. The van der Waals surface area contributed by atoms with E-state index in [1.807, 2.05) is 0 Å². The van der Waals surface area contributed by atoms with Crippen LogP contribution in [0.5, 0.6) is 5.75 Å². The molecule has 2 aliphatic heterocycles. The number of fused-ring (bicyclic) bond motifs is 2. The van der Waals surface area contributed by atoms with Gasteiger partial charge in [0.1, 0.15) is 17.6 Å². The molecule has 0 aliphatic carbocycles. The Morgan fingerprint density at radius 3 is 2.65 bits per heavy atom. The van der Waals surface area contributed by atoms with Crippen LogP contribution in [-0.2, 0) is 9.59 Å². The lowest BCUT2D eigenvalue weighted by molar-refractivity contribution is -0.139. The molecule has 2 bridgehead atoms. The molecule has 2 fully saturated rings. The summed E-state index contributed by atoms with van der Waals surface area (Å²) in [7, 11) is 0. The van der Waals surface area contributed by atoms with Gasteiger partial charge >= 0.3 is 0 Å². The van der Waals surface area contributed by atoms with Gasteiger partial charge in [-0.05, 0) is 30.7 Å². The van der Waals surface area contributed by atoms with Gasteiger partial charge in [-0.3, -0.25) is 9.59 Å². The predicted octanol–water partition coefficient (Wildman–Crippen LogP) is 2.87. The Hall–Kier alpha value is -2.60. The Balaban J connectivity index is 1.44. The molecule has 2 heterocycles. The van der Waals surface area contributed by atoms with Gasteiger partial charge < -0.3 is 14.5 Å². The van der Waals surface area contributed by atoms with Crippen molar-refractivity contribution in [2.45, 2.75) is 18.5 Å². The summed E-state index contributed by atoms with van der Waals surface area (Å²) < 4.78 is 19.5. The zero-order valence-corrected chi connectivity index (χ0v) is 14.5. The highest BCUT2D eigenvalue weighted by Crippen LogP contribution is 2.36. The summed E-state index contributed by atoms with van der Waals surface area (Å²) in [6, 6.07) is 12.3. The third kappa shape index (κ3) is 2.80. The maximum Gasteiger partial charge on any atom is 0.261 e. The second-order valence-corrected chi connectivity index (χ2v) is 6.74. The SMILES string of the molecule is O=C(COc1ccccc1Cl)N1C[C@@H]2C[C@H]1C(=O)N2c1ccccc1F. The van der Waals surface area contributed by atoms with Crippen LogP contribution < -0.4 is 9.64 Å². The Morgan fingerprint density at radius 2 is 1.92 bits per heavy atom. The zero-order valence-electron chi connectivity index (χ0n) is 13.8. The van der Waals surface area contributed by atoms with Gasteiger partial charge in [0, 0.05) is 6.54 Å². The van der Waals surface area contributed by atoms with E-state index in [0.29, 0.717) is 23.7 Å². The van der Waals surface area contributed by atoms with Crippen molar-refractivity contribution in [2.75, 3.05) is 18.1 Å². The van der Waals surface area contributed by atoms with E-state index >= 15 is 0 Å². The van der Waals surface area contributed by atoms with E-state index in [1.54, 1.807) is 42.5 Å². The summed E-state index contributed by atoms with van der Waals surface area (Å²) in [5.41, 5.74) is 0.268. The molecule has 2 amide bonds. The Labute approximate surface area is 154 Å². The van der Waals surface area contributed by atoms with Crippen LogP contribution in [0.15, 0.2) is 48.5 Å². The van der Waals surface area contributed by atoms with Gasteiger partial charge in [-0.25, -0.2) is 4.39 Å². The Kier molecular flexibility index (Phi) is 4.28. The van der Waals surface area contributed by atoms with Crippen molar-refractivity contribution >= 4 is 29.1 Å². The van der Waals surface area contributed by atoms with Crippen LogP contribution in [0, 0.1) is 5.82 Å². The lowest BCUT2D eigenvalue weighted by Gasteiger charge is -2.34. The fourth-order valence-electron chi connectivity index (χ4n) is 3.60. The van der Waals surface area contributed by atoms with Gasteiger partial charge in [-0.2, -0.15) is 0 Å². The standard InChI is InChI=1S/C19H16ClFN2O3/c20-13-5-1-4-8-17(13)26-11-18(24)22-10-12-9-16(22)19(25)23(12)15-7-3-2-6-14(15)21/h1-8,12,16H,9-11H2/t12-,16-/m0/s1. The molecule has 0 radical (unpaired) electrons. The molecule has 4 rings (SSSR count). The van der Waals surface area contributed by atoms with Crippen LogP contribution in [0.3, 0.4) is 0 Å². The van der Waals surface area contributed by atoms with Crippen molar-refractivity contribution in [3.63, 3.8) is 0 Å². The number of piperazine rings is 1. The number of carbonyl (C=O) groups excluding carboxylic acids is 2. The number of para-hydroxylation sites is 2. The molecule has 2 atom stereocenters. The van der Waals surface area contributed by atoms with Gasteiger partial charge in [0.25, 0.3) is 5.91 Å². The number of rotatable bonds is 4. The van der Waals surface area contributed by atoms with E-state index in [2.05, 4.69) is 0 Å². The topological polar surface area (TPSA) is 49.9 Å². The third-order valence-corrected chi connectivity index (χ3v) is 5.10. The smallest absolute Gasteiger partial charge is 0.261 e. The van der Waals surface area contributed by atoms with Crippen LogP contribution in [0.4, 0.5) is 10.1 Å². The van der Waals surface area contributed by atoms with Gasteiger partial charge in [-0.1, -0.05) is 35.9 Å². The molecule has 134 valence electrons. The Morgan fingerprint density at radius 1 is 1.19 bits per heavy atom. The van der Waals surface area contributed by atoms with Crippen LogP contribution in [0.25, 0.3) is 0 Å². The largest absolute Gasteiger partial charge is 0.482 e. The average molecular weight is 375 g/mol. The quantitative estimate of drug-likeness (QED) is 0.826. The van der Waals surface area contributed by atoms with Gasteiger partial charge in [0.05, 0.1) is 16.8 Å². The first-order valence-electron chi connectivity index (χ1n) is 8.30.